The molecule has 0 aromatic heterocycles. The predicted molar refractivity (Wildman–Crippen MR) is 135 cm³/mol. The number of rotatable bonds is 10. The molecule has 2 amide bonds. The molecule has 0 unspecified atom stereocenters. The fourth-order valence-corrected chi connectivity index (χ4v) is 4.19. The maximum Gasteiger partial charge on any atom is 0.248 e. The normalized spacial score (nSPS) is 20.1. The zero-order valence-electron chi connectivity index (χ0n) is 22.2. The Balaban J connectivity index is 2.67. The average Bonchev–Trinajstić information content (AvgIpc) is 2.77. The van der Waals surface area contributed by atoms with Crippen LogP contribution >= 0.6 is 0 Å². The minimum atomic E-state index is -0.244. The summed E-state index contributed by atoms with van der Waals surface area (Å²) < 4.78 is 11.6. The van der Waals surface area contributed by atoms with Gasteiger partial charge in [-0.05, 0) is 25.7 Å². The van der Waals surface area contributed by atoms with Crippen LogP contribution in [-0.4, -0.2) is 74.2 Å². The van der Waals surface area contributed by atoms with Crippen LogP contribution in [0.4, 0.5) is 0 Å². The van der Waals surface area contributed by atoms with Crippen LogP contribution in [0.1, 0.15) is 105 Å². The molecule has 0 N–H and O–H groups in total. The van der Waals surface area contributed by atoms with Crippen molar-refractivity contribution < 1.29 is 19.1 Å². The summed E-state index contributed by atoms with van der Waals surface area (Å²) in [5, 5.41) is 0. The molecule has 0 radical (unpaired) electrons. The van der Waals surface area contributed by atoms with Crippen molar-refractivity contribution in [3.05, 3.63) is 0 Å². The van der Waals surface area contributed by atoms with Gasteiger partial charge in [0.25, 0.3) is 0 Å². The van der Waals surface area contributed by atoms with Gasteiger partial charge in [-0.1, -0.05) is 79.1 Å². The van der Waals surface area contributed by atoms with Crippen molar-refractivity contribution in [2.24, 2.45) is 5.41 Å². The Morgan fingerprint density at radius 3 is 1.48 bits per heavy atom. The van der Waals surface area contributed by atoms with Gasteiger partial charge in [-0.15, -0.1) is 0 Å². The molecule has 0 aliphatic carbocycles. The first-order valence-corrected chi connectivity index (χ1v) is 13.6. The first kappa shape index (κ1) is 29.9. The molecule has 1 aliphatic rings. The van der Waals surface area contributed by atoms with Crippen molar-refractivity contribution in [2.75, 3.05) is 52.6 Å². The fraction of sp³-hybridized carbons (Fsp3) is 0.926. The maximum atomic E-state index is 12.8. The van der Waals surface area contributed by atoms with Crippen molar-refractivity contribution in [3.8, 4) is 0 Å². The first-order valence-electron chi connectivity index (χ1n) is 13.6. The molecule has 194 valence electrons. The summed E-state index contributed by atoms with van der Waals surface area (Å²) in [6, 6.07) is 0. The minimum Gasteiger partial charge on any atom is -0.371 e. The minimum absolute atomic E-state index is 0.0981. The molecule has 1 aliphatic heterocycles. The number of ether oxygens (including phenoxy) is 2. The molecule has 1 heterocycles. The van der Waals surface area contributed by atoms with E-state index in [1.54, 1.807) is 0 Å². The third kappa shape index (κ3) is 14.7. The molecule has 33 heavy (non-hydrogen) atoms. The summed E-state index contributed by atoms with van der Waals surface area (Å²) in [4.78, 5) is 29.6. The Morgan fingerprint density at radius 2 is 1.09 bits per heavy atom. The Labute approximate surface area is 203 Å². The van der Waals surface area contributed by atoms with E-state index in [4.69, 9.17) is 9.47 Å². The lowest BCUT2D eigenvalue weighted by atomic mass is 9.96. The average molecular weight is 469 g/mol. The number of nitrogens with zero attached hydrogens (tertiary/aromatic N) is 2. The maximum absolute atomic E-state index is 12.8. The van der Waals surface area contributed by atoms with Gasteiger partial charge >= 0.3 is 0 Å². The largest absolute Gasteiger partial charge is 0.371 e. The zero-order valence-corrected chi connectivity index (χ0v) is 22.2. The van der Waals surface area contributed by atoms with Crippen molar-refractivity contribution in [3.63, 3.8) is 0 Å². The summed E-state index contributed by atoms with van der Waals surface area (Å²) in [7, 11) is 0. The van der Waals surface area contributed by atoms with E-state index in [1.807, 2.05) is 9.80 Å². The number of unbranched alkanes of at least 4 members (excludes halogenated alkanes) is 6. The lowest BCUT2D eigenvalue weighted by Gasteiger charge is -2.27. The van der Waals surface area contributed by atoms with Crippen LogP contribution in [0.5, 0.6) is 0 Å². The molecule has 0 aromatic rings. The summed E-state index contributed by atoms with van der Waals surface area (Å²) in [5.74, 6) is 0.196. The van der Waals surface area contributed by atoms with Crippen molar-refractivity contribution in [1.82, 2.24) is 9.80 Å². The van der Waals surface area contributed by atoms with Gasteiger partial charge < -0.3 is 19.3 Å². The summed E-state index contributed by atoms with van der Waals surface area (Å²) in [6.45, 7) is 12.9. The molecule has 0 atom stereocenters. The predicted octanol–water partition coefficient (Wildman–Crippen LogP) is 5.44. The molecule has 0 aromatic carbocycles. The highest BCUT2D eigenvalue weighted by Gasteiger charge is 2.22. The van der Waals surface area contributed by atoms with E-state index in [-0.39, 0.29) is 30.4 Å². The fourth-order valence-electron chi connectivity index (χ4n) is 4.19. The molecule has 6 nitrogen and oxygen atoms in total. The molecule has 1 rings (SSSR count). The summed E-state index contributed by atoms with van der Waals surface area (Å²) in [6.07, 6.45) is 13.5. The lowest BCUT2D eigenvalue weighted by molar-refractivity contribution is -0.139. The van der Waals surface area contributed by atoms with Gasteiger partial charge in [0, 0.05) is 31.6 Å². The number of hydrogen-bond donors (Lipinski definition) is 0. The van der Waals surface area contributed by atoms with E-state index >= 15 is 0 Å². The molecule has 1 fully saturated rings. The van der Waals surface area contributed by atoms with E-state index in [0.29, 0.717) is 13.2 Å². The molecule has 0 saturated carbocycles. The monoisotopic (exact) mass is 468 g/mol. The summed E-state index contributed by atoms with van der Waals surface area (Å²) >= 11 is 0. The number of amides is 2. The van der Waals surface area contributed by atoms with Crippen LogP contribution in [0.15, 0.2) is 0 Å². The summed E-state index contributed by atoms with van der Waals surface area (Å²) in [5.41, 5.74) is -0.244. The Hall–Kier alpha value is -1.14. The second-order valence-corrected chi connectivity index (χ2v) is 10.4. The number of carbonyl (C=O) groups excluding carboxylic acids is 2. The molecule has 0 bridgehead atoms. The zero-order chi connectivity index (χ0) is 24.4. The van der Waals surface area contributed by atoms with Crippen molar-refractivity contribution in [2.45, 2.75) is 105 Å². The van der Waals surface area contributed by atoms with Crippen LogP contribution in [0, 0.1) is 5.41 Å². The number of hydrogen-bond acceptors (Lipinski definition) is 4. The highest BCUT2D eigenvalue weighted by atomic mass is 16.5. The van der Waals surface area contributed by atoms with Crippen LogP contribution in [-0.2, 0) is 19.1 Å². The van der Waals surface area contributed by atoms with E-state index in [2.05, 4.69) is 27.7 Å². The van der Waals surface area contributed by atoms with Crippen LogP contribution < -0.4 is 0 Å². The smallest absolute Gasteiger partial charge is 0.248 e. The van der Waals surface area contributed by atoms with E-state index in [1.165, 1.54) is 38.5 Å². The van der Waals surface area contributed by atoms with Crippen LogP contribution in [0.25, 0.3) is 0 Å². The molecular formula is C27H52N2O4. The van der Waals surface area contributed by atoms with E-state index in [9.17, 15) is 9.59 Å². The van der Waals surface area contributed by atoms with E-state index < -0.39 is 0 Å². The van der Waals surface area contributed by atoms with Gasteiger partial charge in [-0.2, -0.15) is 0 Å². The third-order valence-corrected chi connectivity index (χ3v) is 6.31. The molecule has 6 heteroatoms. The van der Waals surface area contributed by atoms with Gasteiger partial charge in [-0.25, -0.2) is 0 Å². The van der Waals surface area contributed by atoms with E-state index in [0.717, 1.165) is 64.7 Å². The number of carbonyl (C=O) groups is 2. The van der Waals surface area contributed by atoms with Crippen LogP contribution in [0.2, 0.25) is 0 Å². The van der Waals surface area contributed by atoms with Crippen LogP contribution in [0.3, 0.4) is 0 Å². The van der Waals surface area contributed by atoms with Crippen molar-refractivity contribution in [1.29, 1.82) is 0 Å². The molecular weight excluding hydrogens is 416 g/mol. The van der Waals surface area contributed by atoms with Crippen molar-refractivity contribution >= 4 is 11.8 Å². The first-order chi connectivity index (χ1) is 15.9. The van der Waals surface area contributed by atoms with Gasteiger partial charge in [0.2, 0.25) is 11.8 Å². The third-order valence-electron chi connectivity index (χ3n) is 6.31. The second-order valence-electron chi connectivity index (χ2n) is 10.4. The Kier molecular flexibility index (Phi) is 16.5. The molecule has 0 spiro atoms. The molecule has 1 saturated heterocycles. The van der Waals surface area contributed by atoms with Gasteiger partial charge in [0.15, 0.2) is 0 Å². The topological polar surface area (TPSA) is 59.1 Å². The van der Waals surface area contributed by atoms with Gasteiger partial charge in [-0.3, -0.25) is 9.59 Å². The highest BCUT2D eigenvalue weighted by Crippen LogP contribution is 2.17. The van der Waals surface area contributed by atoms with Gasteiger partial charge in [0.1, 0.15) is 13.2 Å². The SMILES string of the molecule is CCCCCCN1CCCCCCN(CCCCCC)C(=O)COCC(C)(C)COCC1=O. The Bertz CT molecular complexity index is 480. The lowest BCUT2D eigenvalue weighted by Crippen LogP contribution is -2.38. The van der Waals surface area contributed by atoms with Gasteiger partial charge in [0.05, 0.1) is 13.2 Å². The highest BCUT2D eigenvalue weighted by molar-refractivity contribution is 5.77. The quantitative estimate of drug-likeness (QED) is 0.401. The standard InChI is InChI=1S/C27H52N2O4/c1-5-7-9-13-17-28-19-15-11-12-16-20-29(18-14-10-8-6-2)26(31)22-33-24-27(3,4)23-32-21-25(28)30/h5-24H2,1-4H3. The Morgan fingerprint density at radius 1 is 0.667 bits per heavy atom. The second kappa shape index (κ2) is 18.2.